The molecule has 0 bridgehead atoms. The topological polar surface area (TPSA) is 28.7 Å². The fourth-order valence-corrected chi connectivity index (χ4v) is 2.03. The van der Waals surface area contributed by atoms with Gasteiger partial charge in [-0.2, -0.15) is 16.9 Å². The molecule has 0 amide bonds. The Bertz CT molecular complexity index is 184. The quantitative estimate of drug-likeness (QED) is 0.688. The minimum Gasteiger partial charge on any atom is -0.285 e. The first-order valence-corrected chi connectivity index (χ1v) is 5.64. The second-order valence-electron chi connectivity index (χ2n) is 2.82. The Morgan fingerprint density at radius 1 is 1.50 bits per heavy atom. The van der Waals surface area contributed by atoms with Crippen molar-refractivity contribution in [2.45, 2.75) is 26.2 Å². The Labute approximate surface area is 78.1 Å². The Morgan fingerprint density at radius 2 is 2.42 bits per heavy atom. The standard InChI is InChI=1S/C9H16N2S/c1-2-3-5-12-6-4-9-7-10-11-8-9/h7-8H,2-6H2,1H3,(H,10,11). The third-order valence-electron chi connectivity index (χ3n) is 1.73. The third-order valence-corrected chi connectivity index (χ3v) is 2.80. The highest BCUT2D eigenvalue weighted by molar-refractivity contribution is 7.99. The van der Waals surface area contributed by atoms with E-state index >= 15 is 0 Å². The van der Waals surface area contributed by atoms with Crippen molar-refractivity contribution in [3.05, 3.63) is 18.0 Å². The van der Waals surface area contributed by atoms with Gasteiger partial charge in [-0.25, -0.2) is 0 Å². The summed E-state index contributed by atoms with van der Waals surface area (Å²) in [4.78, 5) is 0. The molecule has 0 aliphatic carbocycles. The van der Waals surface area contributed by atoms with Crippen molar-refractivity contribution >= 4 is 11.8 Å². The molecule has 0 aliphatic heterocycles. The maximum absolute atomic E-state index is 3.90. The minimum absolute atomic E-state index is 1.14. The number of unbranched alkanes of at least 4 members (excludes halogenated alkanes) is 1. The van der Waals surface area contributed by atoms with Crippen molar-refractivity contribution in [2.75, 3.05) is 11.5 Å². The number of H-pyrrole nitrogens is 1. The van der Waals surface area contributed by atoms with Crippen LogP contribution < -0.4 is 0 Å². The van der Waals surface area contributed by atoms with Gasteiger partial charge in [-0.15, -0.1) is 0 Å². The smallest absolute Gasteiger partial charge is 0.0519 e. The highest BCUT2D eigenvalue weighted by atomic mass is 32.2. The van der Waals surface area contributed by atoms with Gasteiger partial charge in [0, 0.05) is 6.20 Å². The summed E-state index contributed by atoms with van der Waals surface area (Å²) in [5, 5.41) is 6.73. The van der Waals surface area contributed by atoms with Crippen LogP contribution in [0, 0.1) is 0 Å². The molecule has 0 aromatic carbocycles. The molecule has 0 aliphatic rings. The van der Waals surface area contributed by atoms with E-state index in [9.17, 15) is 0 Å². The normalized spacial score (nSPS) is 10.4. The molecule has 0 atom stereocenters. The summed E-state index contributed by atoms with van der Waals surface area (Å²) in [5.74, 6) is 2.52. The number of hydrogen-bond donors (Lipinski definition) is 1. The van der Waals surface area contributed by atoms with E-state index in [4.69, 9.17) is 0 Å². The lowest BCUT2D eigenvalue weighted by Gasteiger charge is -1.97. The van der Waals surface area contributed by atoms with Gasteiger partial charge in [-0.1, -0.05) is 13.3 Å². The van der Waals surface area contributed by atoms with E-state index in [-0.39, 0.29) is 0 Å². The van der Waals surface area contributed by atoms with Crippen molar-refractivity contribution in [3.63, 3.8) is 0 Å². The summed E-state index contributed by atoms with van der Waals surface area (Å²) in [6.07, 6.45) is 7.67. The van der Waals surface area contributed by atoms with E-state index < -0.39 is 0 Å². The van der Waals surface area contributed by atoms with Crippen LogP contribution in [-0.2, 0) is 6.42 Å². The zero-order valence-electron chi connectivity index (χ0n) is 7.55. The number of thioether (sulfide) groups is 1. The van der Waals surface area contributed by atoms with Gasteiger partial charge in [0.15, 0.2) is 0 Å². The van der Waals surface area contributed by atoms with Crippen LogP contribution in [0.4, 0.5) is 0 Å². The van der Waals surface area contributed by atoms with Crippen LogP contribution in [0.2, 0.25) is 0 Å². The van der Waals surface area contributed by atoms with E-state index in [1.54, 1.807) is 0 Å². The Morgan fingerprint density at radius 3 is 3.08 bits per heavy atom. The molecule has 1 N–H and O–H groups in total. The summed E-state index contributed by atoms with van der Waals surface area (Å²) in [5.41, 5.74) is 1.32. The maximum Gasteiger partial charge on any atom is 0.0519 e. The van der Waals surface area contributed by atoms with Crippen LogP contribution in [0.25, 0.3) is 0 Å². The minimum atomic E-state index is 1.14. The molecule has 1 aromatic heterocycles. The summed E-state index contributed by atoms with van der Waals surface area (Å²) in [7, 11) is 0. The van der Waals surface area contributed by atoms with Gasteiger partial charge in [-0.3, -0.25) is 5.10 Å². The first-order chi connectivity index (χ1) is 5.93. The molecule has 0 saturated heterocycles. The molecule has 0 spiro atoms. The number of aromatic nitrogens is 2. The second-order valence-corrected chi connectivity index (χ2v) is 4.05. The Hall–Kier alpha value is -0.440. The Kier molecular flexibility index (Phi) is 4.92. The lowest BCUT2D eigenvalue weighted by Crippen LogP contribution is -1.87. The molecule has 0 saturated carbocycles. The number of nitrogens with one attached hydrogen (secondary N) is 1. The lowest BCUT2D eigenvalue weighted by molar-refractivity contribution is 0.895. The first kappa shape index (κ1) is 9.65. The van der Waals surface area contributed by atoms with Crippen molar-refractivity contribution < 1.29 is 0 Å². The predicted octanol–water partition coefficient (Wildman–Crippen LogP) is 2.49. The van der Waals surface area contributed by atoms with Gasteiger partial charge in [0.1, 0.15) is 0 Å². The molecular formula is C9H16N2S. The fraction of sp³-hybridized carbons (Fsp3) is 0.667. The van der Waals surface area contributed by atoms with E-state index in [1.165, 1.54) is 29.9 Å². The van der Waals surface area contributed by atoms with Crippen molar-refractivity contribution in [2.24, 2.45) is 0 Å². The summed E-state index contributed by atoms with van der Waals surface area (Å²) in [6, 6.07) is 0. The number of rotatable bonds is 6. The van der Waals surface area contributed by atoms with Gasteiger partial charge in [0.05, 0.1) is 6.20 Å². The van der Waals surface area contributed by atoms with Crippen molar-refractivity contribution in [1.82, 2.24) is 10.2 Å². The largest absolute Gasteiger partial charge is 0.285 e. The average Bonchev–Trinajstić information content (AvgIpc) is 2.57. The molecule has 0 fully saturated rings. The third kappa shape index (κ3) is 3.81. The molecule has 2 nitrogen and oxygen atoms in total. The molecule has 0 radical (unpaired) electrons. The zero-order valence-corrected chi connectivity index (χ0v) is 8.36. The Balaban J connectivity index is 1.96. The van der Waals surface area contributed by atoms with Gasteiger partial charge in [0.2, 0.25) is 0 Å². The maximum atomic E-state index is 3.90. The van der Waals surface area contributed by atoms with Crippen LogP contribution in [-0.4, -0.2) is 21.7 Å². The molecule has 1 rings (SSSR count). The number of aromatic amines is 1. The predicted molar refractivity (Wildman–Crippen MR) is 54.5 cm³/mol. The molecule has 1 aromatic rings. The number of aryl methyl sites for hydroxylation is 1. The zero-order chi connectivity index (χ0) is 8.65. The molecule has 1 heterocycles. The first-order valence-electron chi connectivity index (χ1n) is 4.49. The SMILES string of the molecule is CCCCSCCc1cn[nH]c1. The van der Waals surface area contributed by atoms with E-state index in [1.807, 2.05) is 24.2 Å². The molecule has 0 unspecified atom stereocenters. The molecular weight excluding hydrogens is 168 g/mol. The van der Waals surface area contributed by atoms with Crippen molar-refractivity contribution in [3.8, 4) is 0 Å². The van der Waals surface area contributed by atoms with Gasteiger partial charge < -0.3 is 0 Å². The van der Waals surface area contributed by atoms with Crippen LogP contribution >= 0.6 is 11.8 Å². The highest BCUT2D eigenvalue weighted by Gasteiger charge is 1.93. The molecule has 12 heavy (non-hydrogen) atoms. The van der Waals surface area contributed by atoms with E-state index in [0.29, 0.717) is 0 Å². The van der Waals surface area contributed by atoms with Crippen molar-refractivity contribution in [1.29, 1.82) is 0 Å². The van der Waals surface area contributed by atoms with Crippen LogP contribution in [0.15, 0.2) is 12.4 Å². The molecule has 68 valence electrons. The van der Waals surface area contributed by atoms with Gasteiger partial charge in [-0.05, 0) is 29.9 Å². The summed E-state index contributed by atoms with van der Waals surface area (Å²) in [6.45, 7) is 2.23. The highest BCUT2D eigenvalue weighted by Crippen LogP contribution is 2.07. The number of nitrogens with zero attached hydrogens (tertiary/aromatic N) is 1. The molecule has 3 heteroatoms. The van der Waals surface area contributed by atoms with Crippen LogP contribution in [0.1, 0.15) is 25.3 Å². The van der Waals surface area contributed by atoms with Crippen LogP contribution in [0.5, 0.6) is 0 Å². The number of hydrogen-bond acceptors (Lipinski definition) is 2. The second kappa shape index (κ2) is 6.12. The van der Waals surface area contributed by atoms with Gasteiger partial charge in [0.25, 0.3) is 0 Å². The van der Waals surface area contributed by atoms with Crippen LogP contribution in [0.3, 0.4) is 0 Å². The average molecular weight is 184 g/mol. The monoisotopic (exact) mass is 184 g/mol. The van der Waals surface area contributed by atoms with E-state index in [0.717, 1.165) is 6.42 Å². The fourth-order valence-electron chi connectivity index (χ4n) is 0.953. The lowest BCUT2D eigenvalue weighted by atomic mass is 10.3. The summed E-state index contributed by atoms with van der Waals surface area (Å²) >= 11 is 2.03. The van der Waals surface area contributed by atoms with Gasteiger partial charge >= 0.3 is 0 Å². The summed E-state index contributed by atoms with van der Waals surface area (Å²) < 4.78 is 0. The van der Waals surface area contributed by atoms with E-state index in [2.05, 4.69) is 17.1 Å².